The van der Waals surface area contributed by atoms with Crippen molar-refractivity contribution in [3.05, 3.63) is 30.1 Å². The molecule has 1 unspecified atom stereocenters. The van der Waals surface area contributed by atoms with Crippen molar-refractivity contribution in [1.29, 1.82) is 0 Å². The predicted molar refractivity (Wildman–Crippen MR) is 51.2 cm³/mol. The molecule has 0 radical (unpaired) electrons. The molecule has 0 saturated carbocycles. The van der Waals surface area contributed by atoms with E-state index < -0.39 is 27.9 Å². The van der Waals surface area contributed by atoms with E-state index in [1.54, 1.807) is 0 Å². The highest BCUT2D eigenvalue weighted by molar-refractivity contribution is 7.89. The summed E-state index contributed by atoms with van der Waals surface area (Å²) in [5.41, 5.74) is 0. The molecule has 0 bridgehead atoms. The maximum Gasteiger partial charge on any atom is 0.241 e. The van der Waals surface area contributed by atoms with E-state index in [1.165, 1.54) is 0 Å². The molecule has 1 aromatic rings. The quantitative estimate of drug-likeness (QED) is 0.756. The van der Waals surface area contributed by atoms with Crippen molar-refractivity contribution in [3.63, 3.8) is 0 Å². The van der Waals surface area contributed by atoms with Crippen molar-refractivity contribution in [3.8, 4) is 0 Å². The molecule has 0 aliphatic heterocycles. The van der Waals surface area contributed by atoms with Gasteiger partial charge in [-0.2, -0.15) is 0 Å². The largest absolute Gasteiger partial charge is 0.548 e. The van der Waals surface area contributed by atoms with Crippen LogP contribution in [0.5, 0.6) is 0 Å². The van der Waals surface area contributed by atoms with Crippen LogP contribution >= 0.6 is 0 Å². The van der Waals surface area contributed by atoms with E-state index in [-0.39, 0.29) is 4.90 Å². The van der Waals surface area contributed by atoms with Crippen LogP contribution in [0.1, 0.15) is 6.92 Å². The monoisotopic (exact) mass is 246 g/mol. The maximum atomic E-state index is 12.5. The Morgan fingerprint density at radius 2 is 1.88 bits per heavy atom. The first kappa shape index (κ1) is 12.6. The van der Waals surface area contributed by atoms with Gasteiger partial charge in [0.25, 0.3) is 0 Å². The number of aliphatic carboxylic acids is 1. The Kier molecular flexibility index (Phi) is 3.61. The molecule has 0 fully saturated rings. The molecule has 1 aromatic carbocycles. The summed E-state index contributed by atoms with van der Waals surface area (Å²) in [6, 6.07) is 2.67. The van der Waals surface area contributed by atoms with Crippen molar-refractivity contribution in [2.45, 2.75) is 17.9 Å². The van der Waals surface area contributed by atoms with Crippen LogP contribution < -0.4 is 9.83 Å². The topological polar surface area (TPSA) is 86.3 Å². The second-order valence-corrected chi connectivity index (χ2v) is 4.83. The molecular weight excluding hydrogens is 237 g/mol. The van der Waals surface area contributed by atoms with Crippen molar-refractivity contribution in [2.75, 3.05) is 0 Å². The summed E-state index contributed by atoms with van der Waals surface area (Å²) in [4.78, 5) is 10.2. The zero-order valence-corrected chi connectivity index (χ0v) is 9.12. The third-order valence-corrected chi connectivity index (χ3v) is 3.37. The summed E-state index contributed by atoms with van der Waals surface area (Å²) in [5.74, 6) is -2.11. The van der Waals surface area contributed by atoms with Crippen molar-refractivity contribution in [1.82, 2.24) is 4.72 Å². The first-order valence-electron chi connectivity index (χ1n) is 4.31. The molecule has 0 aliphatic carbocycles. The lowest BCUT2D eigenvalue weighted by molar-refractivity contribution is -0.307. The van der Waals surface area contributed by atoms with Gasteiger partial charge in [0, 0.05) is 0 Å². The summed E-state index contributed by atoms with van der Waals surface area (Å²) in [6.07, 6.45) is 0. The van der Waals surface area contributed by atoms with E-state index in [0.29, 0.717) is 0 Å². The van der Waals surface area contributed by atoms with E-state index in [2.05, 4.69) is 0 Å². The van der Waals surface area contributed by atoms with Crippen LogP contribution in [0.15, 0.2) is 29.2 Å². The molecule has 0 aromatic heterocycles. The molecule has 0 aliphatic rings. The third-order valence-electron chi connectivity index (χ3n) is 1.81. The van der Waals surface area contributed by atoms with E-state index in [4.69, 9.17) is 0 Å². The van der Waals surface area contributed by atoms with Crippen LogP contribution in [0.4, 0.5) is 4.39 Å². The Labute approximate surface area is 92.0 Å². The minimum Gasteiger partial charge on any atom is -0.548 e. The van der Waals surface area contributed by atoms with Crippen LogP contribution in [0.25, 0.3) is 0 Å². The summed E-state index contributed by atoms with van der Waals surface area (Å²) in [5, 5.41) is 10.4. The fourth-order valence-corrected chi connectivity index (χ4v) is 2.15. The first-order valence-corrected chi connectivity index (χ1v) is 5.80. The second kappa shape index (κ2) is 4.58. The average Bonchev–Trinajstić information content (AvgIpc) is 2.17. The van der Waals surface area contributed by atoms with Gasteiger partial charge in [-0.3, -0.25) is 0 Å². The van der Waals surface area contributed by atoms with Crippen LogP contribution in [-0.2, 0) is 14.8 Å². The Bertz CT molecular complexity index is 483. The SMILES string of the molecule is CC(NS(=O)(=O)c1ccc(F)cc1)C(=O)[O-]. The molecule has 0 saturated heterocycles. The first-order chi connectivity index (χ1) is 7.33. The molecule has 1 rings (SSSR count). The van der Waals surface area contributed by atoms with E-state index in [0.717, 1.165) is 31.2 Å². The van der Waals surface area contributed by atoms with Gasteiger partial charge in [0.15, 0.2) is 0 Å². The lowest BCUT2D eigenvalue weighted by atomic mass is 10.4. The average molecular weight is 246 g/mol. The lowest BCUT2D eigenvalue weighted by Gasteiger charge is -2.14. The number of benzene rings is 1. The molecule has 7 heteroatoms. The predicted octanol–water partition coefficient (Wildman–Crippen LogP) is -0.758. The molecule has 1 N–H and O–H groups in total. The molecule has 0 spiro atoms. The fraction of sp³-hybridized carbons (Fsp3) is 0.222. The number of rotatable bonds is 4. The minimum absolute atomic E-state index is 0.206. The Morgan fingerprint density at radius 3 is 2.31 bits per heavy atom. The van der Waals surface area contributed by atoms with Gasteiger partial charge in [0.05, 0.1) is 16.9 Å². The van der Waals surface area contributed by atoms with Gasteiger partial charge < -0.3 is 9.90 Å². The number of carbonyl (C=O) groups excluding carboxylic acids is 1. The van der Waals surface area contributed by atoms with Gasteiger partial charge in [-0.1, -0.05) is 0 Å². The maximum absolute atomic E-state index is 12.5. The van der Waals surface area contributed by atoms with Gasteiger partial charge in [-0.25, -0.2) is 17.5 Å². The highest BCUT2D eigenvalue weighted by atomic mass is 32.2. The molecule has 16 heavy (non-hydrogen) atoms. The van der Waals surface area contributed by atoms with Crippen LogP contribution in [-0.4, -0.2) is 20.4 Å². The highest BCUT2D eigenvalue weighted by Crippen LogP contribution is 2.09. The van der Waals surface area contributed by atoms with Crippen LogP contribution in [0.3, 0.4) is 0 Å². The second-order valence-electron chi connectivity index (χ2n) is 3.12. The summed E-state index contributed by atoms with van der Waals surface area (Å²) >= 11 is 0. The smallest absolute Gasteiger partial charge is 0.241 e. The van der Waals surface area contributed by atoms with Crippen molar-refractivity contribution in [2.24, 2.45) is 0 Å². The zero-order chi connectivity index (χ0) is 12.3. The molecule has 0 amide bonds. The lowest BCUT2D eigenvalue weighted by Crippen LogP contribution is -2.45. The molecule has 88 valence electrons. The number of halogens is 1. The van der Waals surface area contributed by atoms with Gasteiger partial charge >= 0.3 is 0 Å². The Balaban J connectivity index is 2.94. The van der Waals surface area contributed by atoms with Gasteiger partial charge in [-0.15, -0.1) is 0 Å². The number of hydrogen-bond acceptors (Lipinski definition) is 4. The number of nitrogens with one attached hydrogen (secondary N) is 1. The molecule has 5 nitrogen and oxygen atoms in total. The van der Waals surface area contributed by atoms with E-state index in [9.17, 15) is 22.7 Å². The van der Waals surface area contributed by atoms with Gasteiger partial charge in [-0.05, 0) is 31.2 Å². The molecular formula is C9H9FNO4S-. The summed E-state index contributed by atoms with van der Waals surface area (Å²) in [7, 11) is -3.96. The number of sulfonamides is 1. The number of carbonyl (C=O) groups is 1. The van der Waals surface area contributed by atoms with Crippen LogP contribution in [0, 0.1) is 5.82 Å². The highest BCUT2D eigenvalue weighted by Gasteiger charge is 2.17. The Hall–Kier alpha value is -1.47. The van der Waals surface area contributed by atoms with E-state index in [1.807, 2.05) is 4.72 Å². The van der Waals surface area contributed by atoms with Gasteiger partial charge in [0.2, 0.25) is 10.0 Å². The van der Waals surface area contributed by atoms with E-state index >= 15 is 0 Å². The van der Waals surface area contributed by atoms with Crippen LogP contribution in [0.2, 0.25) is 0 Å². The normalized spacial score (nSPS) is 13.4. The fourth-order valence-electron chi connectivity index (χ4n) is 0.963. The number of carboxylic acid groups (broad SMARTS) is 1. The zero-order valence-electron chi connectivity index (χ0n) is 8.31. The summed E-state index contributed by atoms with van der Waals surface area (Å²) < 4.78 is 37.5. The number of hydrogen-bond donors (Lipinski definition) is 1. The minimum atomic E-state index is -3.96. The molecule has 0 heterocycles. The standard InChI is InChI=1S/C9H10FNO4S/c1-6(9(12)13)11-16(14,15)8-4-2-7(10)3-5-8/h2-6,11H,1H3,(H,12,13)/p-1. The summed E-state index contributed by atoms with van der Waals surface area (Å²) in [6.45, 7) is 1.14. The third kappa shape index (κ3) is 3.01. The number of carboxylic acids is 1. The van der Waals surface area contributed by atoms with Gasteiger partial charge in [0.1, 0.15) is 5.82 Å². The Morgan fingerprint density at radius 1 is 1.38 bits per heavy atom. The molecule has 1 atom stereocenters. The van der Waals surface area contributed by atoms with Crippen molar-refractivity contribution >= 4 is 16.0 Å². The van der Waals surface area contributed by atoms with Crippen molar-refractivity contribution < 1.29 is 22.7 Å².